The molecular formula is C26H32BrOP. The summed E-state index contributed by atoms with van der Waals surface area (Å²) >= 11 is 4.52. The van der Waals surface area contributed by atoms with Crippen LogP contribution < -0.4 is 15.9 Å². The van der Waals surface area contributed by atoms with Crippen LogP contribution in [0.15, 0.2) is 91.0 Å². The molecule has 0 fully saturated rings. The van der Waals surface area contributed by atoms with Crippen molar-refractivity contribution in [3.8, 4) is 0 Å². The van der Waals surface area contributed by atoms with Crippen LogP contribution in [-0.2, 0) is 4.74 Å². The van der Waals surface area contributed by atoms with Gasteiger partial charge in [0, 0.05) is 0 Å². The monoisotopic (exact) mass is 470 g/mol. The van der Waals surface area contributed by atoms with Crippen LogP contribution in [-0.4, -0.2) is 19.4 Å². The summed E-state index contributed by atoms with van der Waals surface area (Å²) in [5.41, 5.74) is 0. The molecule has 3 aromatic rings. The summed E-state index contributed by atoms with van der Waals surface area (Å²) in [5, 5.41) is 1.44. The number of hydrogen-bond acceptors (Lipinski definition) is 1. The second-order valence-electron chi connectivity index (χ2n) is 7.67. The Morgan fingerprint density at radius 1 is 0.724 bits per heavy atom. The third-order valence-electron chi connectivity index (χ3n) is 6.03. The van der Waals surface area contributed by atoms with Crippen molar-refractivity contribution in [3.63, 3.8) is 0 Å². The van der Waals surface area contributed by atoms with Gasteiger partial charge in [-0.2, -0.15) is 0 Å². The second-order valence-corrected chi connectivity index (χ2v) is 16.7. The molecule has 0 aromatic heterocycles. The van der Waals surface area contributed by atoms with E-state index in [1.165, 1.54) is 22.3 Å². The third kappa shape index (κ3) is 4.50. The van der Waals surface area contributed by atoms with Gasteiger partial charge in [-0.15, -0.1) is 0 Å². The van der Waals surface area contributed by atoms with E-state index in [-0.39, 0.29) is 0 Å². The molecule has 0 aliphatic rings. The molecule has 3 heteroatoms. The molecular weight excluding hydrogens is 439 g/mol. The Bertz CT molecular complexity index is 764. The zero-order chi connectivity index (χ0) is 20.6. The van der Waals surface area contributed by atoms with E-state index >= 15 is 0 Å². The van der Waals surface area contributed by atoms with E-state index in [2.05, 4.69) is 113 Å². The van der Waals surface area contributed by atoms with E-state index in [4.69, 9.17) is 4.74 Å². The Morgan fingerprint density at radius 2 is 1.14 bits per heavy atom. The summed E-state index contributed by atoms with van der Waals surface area (Å²) in [6.45, 7) is 2.20. The summed E-state index contributed by atoms with van der Waals surface area (Å²) in [5.74, 6) is 0. The van der Waals surface area contributed by atoms with Gasteiger partial charge in [0.2, 0.25) is 0 Å². The van der Waals surface area contributed by atoms with E-state index in [1.54, 1.807) is 0 Å². The van der Waals surface area contributed by atoms with Crippen LogP contribution in [0.1, 0.15) is 32.6 Å². The predicted molar refractivity (Wildman–Crippen MR) is 134 cm³/mol. The predicted octanol–water partition coefficient (Wildman–Crippen LogP) is 6.42. The molecule has 3 aromatic carbocycles. The Hall–Kier alpha value is -1.47. The molecule has 0 N–H and O–H groups in total. The number of halogens is 1. The number of unbranched alkanes of at least 4 members (excludes halogenated alkanes) is 1. The number of rotatable bonds is 10. The Labute approximate surface area is 184 Å². The first-order chi connectivity index (χ1) is 14.1. The Morgan fingerprint density at radius 3 is 1.48 bits per heavy atom. The zero-order valence-corrected chi connectivity index (χ0v) is 20.0. The van der Waals surface area contributed by atoms with Gasteiger partial charge in [-0.1, -0.05) is 0 Å². The van der Waals surface area contributed by atoms with Crippen molar-refractivity contribution in [3.05, 3.63) is 91.0 Å². The first kappa shape index (κ1) is 22.2. The average Bonchev–Trinajstić information content (AvgIpc) is 2.81. The molecule has 3 rings (SSSR count). The van der Waals surface area contributed by atoms with Crippen molar-refractivity contribution < 1.29 is 4.74 Å². The van der Waals surface area contributed by atoms with E-state index in [9.17, 15) is 0 Å². The molecule has 1 nitrogen and oxygen atoms in total. The van der Waals surface area contributed by atoms with Crippen LogP contribution in [0.5, 0.6) is 0 Å². The number of benzene rings is 3. The SMILES string of the molecule is CCC(CCCCP(Br)(c1ccccc1)(c1ccccc1)c1ccccc1)OC. The van der Waals surface area contributed by atoms with E-state index in [0.717, 1.165) is 25.4 Å². The van der Waals surface area contributed by atoms with E-state index < -0.39 is 5.31 Å². The summed E-state index contributed by atoms with van der Waals surface area (Å²) in [4.78, 5) is 0. The molecule has 0 amide bonds. The molecule has 0 bridgehead atoms. The van der Waals surface area contributed by atoms with E-state index in [0.29, 0.717) is 6.10 Å². The fraction of sp³-hybridized carbons (Fsp3) is 0.308. The molecule has 0 aliphatic heterocycles. The van der Waals surface area contributed by atoms with Crippen LogP contribution in [0.2, 0.25) is 0 Å². The Balaban J connectivity index is 2.09. The third-order valence-corrected chi connectivity index (χ3v) is 16.1. The molecule has 0 spiro atoms. The van der Waals surface area contributed by atoms with Crippen LogP contribution in [0.4, 0.5) is 0 Å². The van der Waals surface area contributed by atoms with Crippen LogP contribution in [0.25, 0.3) is 0 Å². The molecule has 0 saturated heterocycles. The van der Waals surface area contributed by atoms with Crippen LogP contribution >= 0.6 is 20.8 Å². The standard InChI is InChI=1S/C26H32BrOP/c1-3-23(28-2)15-13-14-22-29(27,24-16-7-4-8-17-24,25-18-9-5-10-19-25)26-20-11-6-12-21-26/h4-12,16-21,23H,3,13-15,22H2,1-2H3. The van der Waals surface area contributed by atoms with Crippen molar-refractivity contribution in [1.82, 2.24) is 0 Å². The van der Waals surface area contributed by atoms with Crippen molar-refractivity contribution in [2.24, 2.45) is 0 Å². The quantitative estimate of drug-likeness (QED) is 0.245. The zero-order valence-electron chi connectivity index (χ0n) is 17.5. The number of hydrogen-bond donors (Lipinski definition) is 0. The van der Waals surface area contributed by atoms with Gasteiger partial charge < -0.3 is 0 Å². The normalized spacial score (nSPS) is 14.1. The van der Waals surface area contributed by atoms with Crippen LogP contribution in [0, 0.1) is 0 Å². The first-order valence-corrected chi connectivity index (χ1v) is 15.0. The molecule has 154 valence electrons. The average molecular weight is 471 g/mol. The summed E-state index contributed by atoms with van der Waals surface area (Å²) in [6.07, 6.45) is 5.98. The first-order valence-electron chi connectivity index (χ1n) is 10.6. The van der Waals surface area contributed by atoms with Gasteiger partial charge in [0.15, 0.2) is 0 Å². The molecule has 0 heterocycles. The molecule has 0 radical (unpaired) electrons. The van der Waals surface area contributed by atoms with Crippen LogP contribution in [0.3, 0.4) is 0 Å². The van der Waals surface area contributed by atoms with Gasteiger partial charge in [0.1, 0.15) is 0 Å². The topological polar surface area (TPSA) is 9.23 Å². The van der Waals surface area contributed by atoms with Gasteiger partial charge >= 0.3 is 184 Å². The maximum absolute atomic E-state index is 5.61. The van der Waals surface area contributed by atoms with Gasteiger partial charge in [-0.25, -0.2) is 0 Å². The number of methoxy groups -OCH3 is 1. The minimum absolute atomic E-state index is 0.363. The minimum atomic E-state index is -2.76. The van der Waals surface area contributed by atoms with E-state index in [1.807, 2.05) is 7.11 Å². The van der Waals surface area contributed by atoms with Crippen molar-refractivity contribution in [2.45, 2.75) is 38.7 Å². The van der Waals surface area contributed by atoms with Crippen molar-refractivity contribution >= 4 is 36.7 Å². The fourth-order valence-electron chi connectivity index (χ4n) is 4.32. The summed E-state index contributed by atoms with van der Waals surface area (Å²) < 4.78 is 5.61. The summed E-state index contributed by atoms with van der Waals surface area (Å²) in [7, 11) is 1.83. The fourth-order valence-corrected chi connectivity index (χ4v) is 12.1. The van der Waals surface area contributed by atoms with Gasteiger partial charge in [0.25, 0.3) is 0 Å². The molecule has 0 aliphatic carbocycles. The molecule has 29 heavy (non-hydrogen) atoms. The maximum atomic E-state index is 5.61. The molecule has 1 atom stereocenters. The number of ether oxygens (including phenoxy) is 1. The van der Waals surface area contributed by atoms with Crippen molar-refractivity contribution in [2.75, 3.05) is 13.3 Å². The van der Waals surface area contributed by atoms with Crippen molar-refractivity contribution in [1.29, 1.82) is 0 Å². The Kier molecular flexibility index (Phi) is 7.68. The van der Waals surface area contributed by atoms with Gasteiger partial charge in [0.05, 0.1) is 0 Å². The molecule has 0 saturated carbocycles. The summed E-state index contributed by atoms with van der Waals surface area (Å²) in [6, 6.07) is 33.2. The molecule has 1 unspecified atom stereocenters. The second kappa shape index (κ2) is 10.0. The van der Waals surface area contributed by atoms with Gasteiger partial charge in [-0.3, -0.25) is 0 Å². The van der Waals surface area contributed by atoms with Gasteiger partial charge in [-0.05, 0) is 0 Å².